The molecule has 2 N–H and O–H groups in total. The van der Waals surface area contributed by atoms with Gasteiger partial charge in [-0.1, -0.05) is 25.1 Å². The van der Waals surface area contributed by atoms with Crippen LogP contribution in [0.3, 0.4) is 0 Å². The molecule has 1 unspecified atom stereocenters. The molecular weight excluding hydrogens is 256 g/mol. The zero-order chi connectivity index (χ0) is 14.4. The molecule has 0 spiro atoms. The van der Waals surface area contributed by atoms with Gasteiger partial charge in [0.05, 0.1) is 18.8 Å². The number of rotatable bonds is 1. The van der Waals surface area contributed by atoms with Gasteiger partial charge in [0.25, 0.3) is 0 Å². The van der Waals surface area contributed by atoms with Crippen LogP contribution in [0.4, 0.5) is 0 Å². The summed E-state index contributed by atoms with van der Waals surface area (Å²) >= 11 is 0. The van der Waals surface area contributed by atoms with E-state index >= 15 is 0 Å². The summed E-state index contributed by atoms with van der Waals surface area (Å²) in [5.74, 6) is 0.930. The highest BCUT2D eigenvalue weighted by Crippen LogP contribution is 2.36. The number of benzene rings is 1. The van der Waals surface area contributed by atoms with Crippen molar-refractivity contribution in [2.45, 2.75) is 51.5 Å². The van der Waals surface area contributed by atoms with E-state index in [0.717, 1.165) is 5.92 Å². The Kier molecular flexibility index (Phi) is 3.11. The van der Waals surface area contributed by atoms with E-state index in [9.17, 15) is 0 Å². The zero-order valence-electron chi connectivity index (χ0n) is 13.3. The summed E-state index contributed by atoms with van der Waals surface area (Å²) in [6.07, 6.45) is 6.65. The molecule has 0 amide bonds. The molecule has 1 aromatic heterocycles. The smallest absolute Gasteiger partial charge is 0.136 e. The van der Waals surface area contributed by atoms with Crippen molar-refractivity contribution < 1.29 is 4.90 Å². The van der Waals surface area contributed by atoms with Gasteiger partial charge in [0.2, 0.25) is 0 Å². The van der Waals surface area contributed by atoms with Crippen LogP contribution in [-0.2, 0) is 12.0 Å². The topological polar surface area (TPSA) is 20.2 Å². The highest BCUT2D eigenvalue weighted by atomic mass is 15.2. The third kappa shape index (κ3) is 1.96. The fourth-order valence-corrected chi connectivity index (χ4v) is 4.78. The van der Waals surface area contributed by atoms with Gasteiger partial charge in [-0.3, -0.25) is 0 Å². The minimum absolute atomic E-state index is 0.302. The second-order valence-corrected chi connectivity index (χ2v) is 7.33. The first-order chi connectivity index (χ1) is 10.2. The lowest BCUT2D eigenvalue weighted by atomic mass is 9.79. The Morgan fingerprint density at radius 3 is 3.05 bits per heavy atom. The van der Waals surface area contributed by atoms with Crippen molar-refractivity contribution in [2.75, 3.05) is 13.1 Å². The summed E-state index contributed by atoms with van der Waals surface area (Å²) in [5, 5.41) is 1.47. The minimum atomic E-state index is 0.302. The number of hydrogen-bond acceptors (Lipinski definition) is 0. The monoisotopic (exact) mass is 283 g/mol. The SMILES string of the molecule is CC[C@H]1CC[C@]2(C)c3[nH]c4ccccc4c3CCC[NH+]2C1. The van der Waals surface area contributed by atoms with Crippen LogP contribution in [0.5, 0.6) is 0 Å². The third-order valence-electron chi connectivity index (χ3n) is 6.22. The number of H-pyrrole nitrogens is 1. The standard InChI is InChI=1S/C19H26N2/c1-3-14-10-11-19(2)18-16(8-6-12-21(19)13-14)15-7-4-5-9-17(15)20-18/h4-5,7,9,14,20H,3,6,8,10-13H2,1-2H3/p+1/t14-,19+/m0/s1. The lowest BCUT2D eigenvalue weighted by Crippen LogP contribution is -3.19. The number of aromatic nitrogens is 1. The van der Waals surface area contributed by atoms with Crippen molar-refractivity contribution in [3.8, 4) is 0 Å². The van der Waals surface area contributed by atoms with E-state index < -0.39 is 0 Å². The summed E-state index contributed by atoms with van der Waals surface area (Å²) in [4.78, 5) is 5.63. The first-order valence-electron chi connectivity index (χ1n) is 8.67. The molecule has 4 rings (SSSR count). The Hall–Kier alpha value is -1.28. The van der Waals surface area contributed by atoms with Gasteiger partial charge in [0.1, 0.15) is 5.54 Å². The van der Waals surface area contributed by atoms with Crippen LogP contribution in [0.1, 0.15) is 50.8 Å². The van der Waals surface area contributed by atoms with Crippen LogP contribution in [0, 0.1) is 5.92 Å². The largest absolute Gasteiger partial charge is 0.353 e. The molecule has 1 fully saturated rings. The lowest BCUT2D eigenvalue weighted by molar-refractivity contribution is -0.968. The van der Waals surface area contributed by atoms with Crippen molar-refractivity contribution in [1.29, 1.82) is 0 Å². The van der Waals surface area contributed by atoms with Gasteiger partial charge in [0, 0.05) is 29.7 Å². The molecule has 3 heterocycles. The van der Waals surface area contributed by atoms with Crippen molar-refractivity contribution in [3.63, 3.8) is 0 Å². The van der Waals surface area contributed by atoms with E-state index in [0.29, 0.717) is 5.54 Å². The number of fused-ring (bicyclic) bond motifs is 5. The number of aryl methyl sites for hydroxylation is 1. The fraction of sp³-hybridized carbons (Fsp3) is 0.579. The first-order valence-corrected chi connectivity index (χ1v) is 8.67. The molecule has 1 aromatic carbocycles. The maximum atomic E-state index is 3.81. The second kappa shape index (κ2) is 4.88. The summed E-state index contributed by atoms with van der Waals surface area (Å²) in [5.41, 5.74) is 4.79. The van der Waals surface area contributed by atoms with E-state index in [4.69, 9.17) is 0 Å². The zero-order valence-corrected chi connectivity index (χ0v) is 13.3. The molecule has 21 heavy (non-hydrogen) atoms. The summed E-state index contributed by atoms with van der Waals surface area (Å²) in [6.45, 7) is 7.57. The number of hydrogen-bond donors (Lipinski definition) is 2. The lowest BCUT2D eigenvalue weighted by Gasteiger charge is -2.43. The van der Waals surface area contributed by atoms with E-state index in [2.05, 4.69) is 43.1 Å². The van der Waals surface area contributed by atoms with E-state index in [1.807, 2.05) is 4.90 Å². The Bertz CT molecular complexity index is 657. The molecule has 2 aliphatic heterocycles. The molecule has 2 nitrogen and oxygen atoms in total. The average molecular weight is 283 g/mol. The Morgan fingerprint density at radius 1 is 1.33 bits per heavy atom. The minimum Gasteiger partial charge on any atom is -0.353 e. The number of quaternary nitrogens is 1. The Labute approximate surface area is 127 Å². The molecule has 2 aromatic rings. The van der Waals surface area contributed by atoms with Gasteiger partial charge in [-0.15, -0.1) is 0 Å². The van der Waals surface area contributed by atoms with Crippen molar-refractivity contribution in [2.24, 2.45) is 5.92 Å². The molecule has 2 heteroatoms. The molecule has 2 aliphatic rings. The molecular formula is C19H27N2+. The molecule has 3 atom stereocenters. The second-order valence-electron chi connectivity index (χ2n) is 7.33. The van der Waals surface area contributed by atoms with Gasteiger partial charge in [-0.05, 0) is 37.8 Å². The van der Waals surface area contributed by atoms with Crippen molar-refractivity contribution in [3.05, 3.63) is 35.5 Å². The first kappa shape index (κ1) is 13.4. The summed E-state index contributed by atoms with van der Waals surface area (Å²) < 4.78 is 0. The van der Waals surface area contributed by atoms with Gasteiger partial charge >= 0.3 is 0 Å². The van der Waals surface area contributed by atoms with E-state index in [1.54, 1.807) is 11.3 Å². The van der Waals surface area contributed by atoms with Gasteiger partial charge in [-0.2, -0.15) is 0 Å². The van der Waals surface area contributed by atoms with Gasteiger partial charge in [0.15, 0.2) is 0 Å². The molecule has 1 saturated heterocycles. The molecule has 112 valence electrons. The van der Waals surface area contributed by atoms with Crippen LogP contribution in [-0.4, -0.2) is 18.1 Å². The van der Waals surface area contributed by atoms with E-state index in [1.165, 1.54) is 56.1 Å². The average Bonchev–Trinajstić information content (AvgIpc) is 2.82. The van der Waals surface area contributed by atoms with Crippen LogP contribution < -0.4 is 4.90 Å². The maximum absolute atomic E-state index is 3.81. The third-order valence-corrected chi connectivity index (χ3v) is 6.22. The van der Waals surface area contributed by atoms with Crippen LogP contribution in [0.15, 0.2) is 24.3 Å². The van der Waals surface area contributed by atoms with Crippen LogP contribution in [0.25, 0.3) is 10.9 Å². The van der Waals surface area contributed by atoms with Gasteiger partial charge < -0.3 is 9.88 Å². The molecule has 0 saturated carbocycles. The summed E-state index contributed by atoms with van der Waals surface area (Å²) in [7, 11) is 0. The quantitative estimate of drug-likeness (QED) is 0.802. The normalized spacial score (nSPS) is 32.5. The number of aromatic amines is 1. The van der Waals surface area contributed by atoms with Crippen LogP contribution in [0.2, 0.25) is 0 Å². The Balaban J connectivity index is 1.84. The fourth-order valence-electron chi connectivity index (χ4n) is 4.78. The Morgan fingerprint density at radius 2 is 2.19 bits per heavy atom. The number of nitrogens with one attached hydrogen (secondary N) is 2. The highest BCUT2D eigenvalue weighted by Gasteiger charge is 2.46. The van der Waals surface area contributed by atoms with Gasteiger partial charge in [-0.25, -0.2) is 0 Å². The molecule has 0 bridgehead atoms. The predicted molar refractivity (Wildman–Crippen MR) is 87.7 cm³/mol. The maximum Gasteiger partial charge on any atom is 0.136 e. The summed E-state index contributed by atoms with van der Waals surface area (Å²) in [6, 6.07) is 8.88. The molecule has 0 aliphatic carbocycles. The number of para-hydroxylation sites is 1. The molecule has 0 radical (unpaired) electrons. The van der Waals surface area contributed by atoms with Crippen LogP contribution >= 0.6 is 0 Å². The van der Waals surface area contributed by atoms with Crippen molar-refractivity contribution >= 4 is 10.9 Å². The predicted octanol–water partition coefficient (Wildman–Crippen LogP) is 3.03. The van der Waals surface area contributed by atoms with Crippen molar-refractivity contribution in [1.82, 2.24) is 4.98 Å². The highest BCUT2D eigenvalue weighted by molar-refractivity contribution is 5.85. The van der Waals surface area contributed by atoms with E-state index in [-0.39, 0.29) is 0 Å². The number of piperidine rings is 1.